The number of pyridine rings is 1. The van der Waals surface area contributed by atoms with Crippen LogP contribution in [0.5, 0.6) is 0 Å². The first-order valence-electron chi connectivity index (χ1n) is 6.01. The second-order valence-electron chi connectivity index (χ2n) is 4.16. The van der Waals surface area contributed by atoms with E-state index in [0.717, 1.165) is 31.1 Å². The molecule has 1 fully saturated rings. The van der Waals surface area contributed by atoms with Crippen molar-refractivity contribution in [3.63, 3.8) is 0 Å². The molecule has 2 heterocycles. The van der Waals surface area contributed by atoms with Gasteiger partial charge in [-0.1, -0.05) is 0 Å². The van der Waals surface area contributed by atoms with Crippen molar-refractivity contribution in [2.24, 2.45) is 0 Å². The van der Waals surface area contributed by atoms with Crippen molar-refractivity contribution in [1.82, 2.24) is 9.88 Å². The summed E-state index contributed by atoms with van der Waals surface area (Å²) in [7, 11) is 0. The van der Waals surface area contributed by atoms with Gasteiger partial charge < -0.3 is 5.32 Å². The predicted molar refractivity (Wildman–Crippen MR) is 80.8 cm³/mol. The van der Waals surface area contributed by atoms with Gasteiger partial charge in [-0.3, -0.25) is 15.0 Å². The molecule has 0 radical (unpaired) electrons. The fourth-order valence-electron chi connectivity index (χ4n) is 1.86. The SMILES string of the molecule is O=[N+]([O-])c1cc(Br)cnc1NCCN1CCSCC1. The first-order chi connectivity index (χ1) is 9.16. The van der Waals surface area contributed by atoms with Gasteiger partial charge in [0.15, 0.2) is 0 Å². The molecule has 19 heavy (non-hydrogen) atoms. The lowest BCUT2D eigenvalue weighted by molar-refractivity contribution is -0.384. The number of nitro groups is 1. The van der Waals surface area contributed by atoms with Gasteiger partial charge in [-0.2, -0.15) is 11.8 Å². The number of rotatable bonds is 5. The van der Waals surface area contributed by atoms with Crippen LogP contribution in [0.1, 0.15) is 0 Å². The van der Waals surface area contributed by atoms with Crippen molar-refractivity contribution in [3.8, 4) is 0 Å². The van der Waals surface area contributed by atoms with E-state index >= 15 is 0 Å². The van der Waals surface area contributed by atoms with Gasteiger partial charge in [-0.25, -0.2) is 4.98 Å². The van der Waals surface area contributed by atoms with Crippen LogP contribution >= 0.6 is 27.7 Å². The molecule has 0 amide bonds. The average Bonchev–Trinajstić information content (AvgIpc) is 2.41. The van der Waals surface area contributed by atoms with Gasteiger partial charge in [0, 0.05) is 54.4 Å². The third-order valence-corrected chi connectivity index (χ3v) is 4.23. The van der Waals surface area contributed by atoms with Crippen LogP contribution < -0.4 is 5.32 Å². The van der Waals surface area contributed by atoms with Crippen molar-refractivity contribution in [3.05, 3.63) is 26.9 Å². The molecule has 1 saturated heterocycles. The molecule has 0 unspecified atom stereocenters. The van der Waals surface area contributed by atoms with Crippen LogP contribution in [0.2, 0.25) is 0 Å². The van der Waals surface area contributed by atoms with Crippen molar-refractivity contribution in [2.75, 3.05) is 43.0 Å². The first kappa shape index (κ1) is 14.5. The molecule has 1 aliphatic rings. The molecule has 0 spiro atoms. The van der Waals surface area contributed by atoms with Crippen LogP contribution in [0.3, 0.4) is 0 Å². The summed E-state index contributed by atoms with van der Waals surface area (Å²) in [6.45, 7) is 3.72. The van der Waals surface area contributed by atoms with Crippen molar-refractivity contribution in [1.29, 1.82) is 0 Å². The van der Waals surface area contributed by atoms with Crippen molar-refractivity contribution < 1.29 is 4.92 Å². The molecular formula is C11H15BrN4O2S. The molecule has 2 rings (SSSR count). The second kappa shape index (κ2) is 7.06. The van der Waals surface area contributed by atoms with Crippen LogP contribution in [0.15, 0.2) is 16.7 Å². The number of thioether (sulfide) groups is 1. The minimum atomic E-state index is -0.419. The van der Waals surface area contributed by atoms with E-state index in [1.165, 1.54) is 6.07 Å². The van der Waals surface area contributed by atoms with Crippen LogP contribution in [-0.4, -0.2) is 52.5 Å². The van der Waals surface area contributed by atoms with Gasteiger partial charge in [0.25, 0.3) is 0 Å². The third-order valence-electron chi connectivity index (χ3n) is 2.86. The lowest BCUT2D eigenvalue weighted by atomic mass is 10.4. The summed E-state index contributed by atoms with van der Waals surface area (Å²) in [4.78, 5) is 16.9. The molecule has 1 N–H and O–H groups in total. The zero-order chi connectivity index (χ0) is 13.7. The Balaban J connectivity index is 1.89. The number of hydrogen-bond acceptors (Lipinski definition) is 6. The Kier molecular flexibility index (Phi) is 5.41. The Bertz CT molecular complexity index is 454. The number of anilines is 1. The molecule has 104 valence electrons. The van der Waals surface area contributed by atoms with E-state index < -0.39 is 4.92 Å². The largest absolute Gasteiger partial charge is 0.363 e. The number of nitrogens with one attached hydrogen (secondary N) is 1. The highest BCUT2D eigenvalue weighted by Gasteiger charge is 2.16. The number of nitrogens with zero attached hydrogens (tertiary/aromatic N) is 3. The highest BCUT2D eigenvalue weighted by Crippen LogP contribution is 2.25. The van der Waals surface area contributed by atoms with Gasteiger partial charge in [-0.05, 0) is 15.9 Å². The van der Waals surface area contributed by atoms with Crippen molar-refractivity contribution in [2.45, 2.75) is 0 Å². The summed E-state index contributed by atoms with van der Waals surface area (Å²) in [6.07, 6.45) is 1.56. The van der Waals surface area contributed by atoms with Crippen LogP contribution in [0.25, 0.3) is 0 Å². The zero-order valence-corrected chi connectivity index (χ0v) is 12.7. The Morgan fingerprint density at radius 1 is 1.53 bits per heavy atom. The highest BCUT2D eigenvalue weighted by molar-refractivity contribution is 9.10. The summed E-state index contributed by atoms with van der Waals surface area (Å²) < 4.78 is 0.609. The van der Waals surface area contributed by atoms with E-state index in [4.69, 9.17) is 0 Å². The minimum absolute atomic E-state index is 0.00331. The monoisotopic (exact) mass is 346 g/mol. The second-order valence-corrected chi connectivity index (χ2v) is 6.30. The number of halogens is 1. The summed E-state index contributed by atoms with van der Waals surface area (Å²) in [6, 6.07) is 1.47. The number of hydrogen-bond donors (Lipinski definition) is 1. The van der Waals surface area contributed by atoms with Crippen LogP contribution in [0, 0.1) is 10.1 Å². The zero-order valence-electron chi connectivity index (χ0n) is 10.3. The quantitative estimate of drug-likeness (QED) is 0.651. The standard InChI is InChI=1S/C11H15BrN4O2S/c12-9-7-10(16(17)18)11(14-8-9)13-1-2-15-3-5-19-6-4-15/h7-8H,1-6H2,(H,13,14). The summed E-state index contributed by atoms with van der Waals surface area (Å²) >= 11 is 5.16. The fourth-order valence-corrected chi connectivity index (χ4v) is 3.16. The topological polar surface area (TPSA) is 71.3 Å². The average molecular weight is 347 g/mol. The maximum atomic E-state index is 10.9. The summed E-state index contributed by atoms with van der Waals surface area (Å²) in [5.74, 6) is 2.66. The predicted octanol–water partition coefficient (Wildman–Crippen LogP) is 2.21. The molecule has 0 saturated carbocycles. The molecule has 0 aliphatic carbocycles. The minimum Gasteiger partial charge on any atom is -0.363 e. The fraction of sp³-hybridized carbons (Fsp3) is 0.545. The normalized spacial score (nSPS) is 16.3. The van der Waals surface area contributed by atoms with E-state index in [9.17, 15) is 10.1 Å². The Morgan fingerprint density at radius 3 is 2.95 bits per heavy atom. The molecule has 1 aromatic heterocycles. The maximum Gasteiger partial charge on any atom is 0.312 e. The van der Waals surface area contributed by atoms with Crippen LogP contribution in [0.4, 0.5) is 11.5 Å². The van der Waals surface area contributed by atoms with E-state index in [2.05, 4.69) is 31.1 Å². The van der Waals surface area contributed by atoms with E-state index in [0.29, 0.717) is 16.8 Å². The molecular weight excluding hydrogens is 332 g/mol. The Morgan fingerprint density at radius 2 is 2.26 bits per heavy atom. The summed E-state index contributed by atoms with van der Waals surface area (Å²) in [5.41, 5.74) is 0.00331. The van der Waals surface area contributed by atoms with Gasteiger partial charge >= 0.3 is 5.69 Å². The van der Waals surface area contributed by atoms with Gasteiger partial charge in [0.2, 0.25) is 5.82 Å². The van der Waals surface area contributed by atoms with Gasteiger partial charge in [0.1, 0.15) is 0 Å². The lowest BCUT2D eigenvalue weighted by Crippen LogP contribution is -2.36. The molecule has 6 nitrogen and oxygen atoms in total. The highest BCUT2D eigenvalue weighted by atomic mass is 79.9. The van der Waals surface area contributed by atoms with E-state index in [1.54, 1.807) is 6.20 Å². The van der Waals surface area contributed by atoms with E-state index in [-0.39, 0.29) is 5.69 Å². The Labute approximate surface area is 124 Å². The van der Waals surface area contributed by atoms with E-state index in [1.807, 2.05) is 11.8 Å². The third kappa shape index (κ3) is 4.32. The molecule has 8 heteroatoms. The summed E-state index contributed by atoms with van der Waals surface area (Å²) in [5, 5.41) is 14.0. The molecule has 0 atom stereocenters. The van der Waals surface area contributed by atoms with Gasteiger partial charge in [-0.15, -0.1) is 0 Å². The maximum absolute atomic E-state index is 10.9. The van der Waals surface area contributed by atoms with Gasteiger partial charge in [0.05, 0.1) is 4.92 Å². The first-order valence-corrected chi connectivity index (χ1v) is 7.95. The molecule has 0 bridgehead atoms. The lowest BCUT2D eigenvalue weighted by Gasteiger charge is -2.26. The molecule has 1 aromatic rings. The van der Waals surface area contributed by atoms with Crippen molar-refractivity contribution >= 4 is 39.2 Å². The van der Waals surface area contributed by atoms with Crippen LogP contribution in [-0.2, 0) is 0 Å². The molecule has 0 aromatic carbocycles. The smallest absolute Gasteiger partial charge is 0.312 e. The Hall–Kier alpha value is -0.860. The molecule has 1 aliphatic heterocycles. The number of aromatic nitrogens is 1.